The summed E-state index contributed by atoms with van der Waals surface area (Å²) in [6.45, 7) is 8.25. The zero-order valence-corrected chi connectivity index (χ0v) is 11.3. The molecule has 0 aliphatic heterocycles. The number of aliphatic hydroxyl groups excluding tert-OH is 1. The number of carbonyl (C=O) groups is 1. The molecule has 0 saturated carbocycles. The van der Waals surface area contributed by atoms with E-state index in [-0.39, 0.29) is 5.92 Å². The molecule has 2 heteroatoms. The van der Waals surface area contributed by atoms with Crippen molar-refractivity contribution in [2.45, 2.75) is 72.3 Å². The molecule has 2 unspecified atom stereocenters. The summed E-state index contributed by atoms with van der Waals surface area (Å²) in [5.74, 6) is 0.269. The second kappa shape index (κ2) is 7.83. The third kappa shape index (κ3) is 3.58. The van der Waals surface area contributed by atoms with E-state index in [0.29, 0.717) is 0 Å². The van der Waals surface area contributed by atoms with Crippen LogP contribution in [0.2, 0.25) is 0 Å². The van der Waals surface area contributed by atoms with E-state index in [9.17, 15) is 9.90 Å². The first-order valence-electron chi connectivity index (χ1n) is 6.76. The molecule has 0 fully saturated rings. The van der Waals surface area contributed by atoms with Gasteiger partial charge in [0.05, 0.1) is 11.5 Å². The van der Waals surface area contributed by atoms with Gasteiger partial charge in [-0.3, -0.25) is 0 Å². The molecule has 0 amide bonds. The van der Waals surface area contributed by atoms with Crippen LogP contribution < -0.4 is 0 Å². The van der Waals surface area contributed by atoms with E-state index in [1.165, 1.54) is 0 Å². The molecule has 2 nitrogen and oxygen atoms in total. The molecule has 0 aliphatic carbocycles. The number of unbranched alkanes of at least 4 members (excludes halogenated alkanes) is 1. The summed E-state index contributed by atoms with van der Waals surface area (Å²) < 4.78 is 0. The van der Waals surface area contributed by atoms with Crippen LogP contribution in [-0.2, 0) is 4.79 Å². The van der Waals surface area contributed by atoms with Crippen LogP contribution in [0.15, 0.2) is 0 Å². The third-order valence-corrected chi connectivity index (χ3v) is 4.04. The first-order valence-corrected chi connectivity index (χ1v) is 6.76. The van der Waals surface area contributed by atoms with Crippen molar-refractivity contribution in [3.63, 3.8) is 0 Å². The highest BCUT2D eigenvalue weighted by atomic mass is 16.3. The SMILES string of the molecule is CCCCC(CC)C(O)C(C=O)(CC)CC. The standard InChI is InChI=1S/C14H28O2/c1-5-9-10-12(6-2)13(16)14(7-3,8-4)11-15/h11-13,16H,5-10H2,1-4H3. The highest BCUT2D eigenvalue weighted by Gasteiger charge is 2.38. The summed E-state index contributed by atoms with van der Waals surface area (Å²) in [6.07, 6.45) is 6.24. The maximum atomic E-state index is 11.3. The summed E-state index contributed by atoms with van der Waals surface area (Å²) in [7, 11) is 0. The van der Waals surface area contributed by atoms with E-state index >= 15 is 0 Å². The molecule has 1 N–H and O–H groups in total. The van der Waals surface area contributed by atoms with Crippen LogP contribution in [0.3, 0.4) is 0 Å². The van der Waals surface area contributed by atoms with Crippen molar-refractivity contribution >= 4 is 6.29 Å². The van der Waals surface area contributed by atoms with Crippen LogP contribution in [0.4, 0.5) is 0 Å². The van der Waals surface area contributed by atoms with Gasteiger partial charge in [-0.1, -0.05) is 47.0 Å². The summed E-state index contributed by atoms with van der Waals surface area (Å²) >= 11 is 0. The van der Waals surface area contributed by atoms with Gasteiger partial charge in [-0.25, -0.2) is 0 Å². The van der Waals surface area contributed by atoms with Crippen LogP contribution >= 0.6 is 0 Å². The third-order valence-electron chi connectivity index (χ3n) is 4.04. The highest BCUT2D eigenvalue weighted by Crippen LogP contribution is 2.35. The van der Waals surface area contributed by atoms with Crippen molar-refractivity contribution in [3.8, 4) is 0 Å². The Kier molecular flexibility index (Phi) is 7.65. The van der Waals surface area contributed by atoms with Crippen LogP contribution in [0.25, 0.3) is 0 Å². The van der Waals surface area contributed by atoms with Gasteiger partial charge in [0, 0.05) is 0 Å². The molecule has 0 saturated heterocycles. The lowest BCUT2D eigenvalue weighted by atomic mass is 9.71. The Morgan fingerprint density at radius 1 is 1.19 bits per heavy atom. The molecule has 96 valence electrons. The average molecular weight is 228 g/mol. The van der Waals surface area contributed by atoms with Crippen LogP contribution in [0, 0.1) is 11.3 Å². The van der Waals surface area contributed by atoms with Gasteiger partial charge in [-0.15, -0.1) is 0 Å². The Bertz CT molecular complexity index is 185. The van der Waals surface area contributed by atoms with E-state index in [0.717, 1.165) is 44.8 Å². The van der Waals surface area contributed by atoms with E-state index in [4.69, 9.17) is 0 Å². The van der Waals surface area contributed by atoms with Crippen molar-refractivity contribution in [1.82, 2.24) is 0 Å². The Hall–Kier alpha value is -0.370. The zero-order valence-electron chi connectivity index (χ0n) is 11.3. The highest BCUT2D eigenvalue weighted by molar-refractivity contribution is 5.60. The first-order chi connectivity index (χ1) is 7.61. The molecule has 0 aromatic carbocycles. The molecule has 16 heavy (non-hydrogen) atoms. The molecule has 0 spiro atoms. The fraction of sp³-hybridized carbons (Fsp3) is 0.929. The number of rotatable bonds is 9. The molecule has 0 aliphatic rings. The van der Waals surface area contributed by atoms with Gasteiger partial charge < -0.3 is 9.90 Å². The van der Waals surface area contributed by atoms with Crippen LogP contribution in [0.5, 0.6) is 0 Å². The number of aldehydes is 1. The smallest absolute Gasteiger partial charge is 0.128 e. The second-order valence-corrected chi connectivity index (χ2v) is 4.81. The molecule has 0 bridgehead atoms. The fourth-order valence-corrected chi connectivity index (χ4v) is 2.43. The Labute approximate surface area is 100 Å². The number of aliphatic hydroxyl groups is 1. The van der Waals surface area contributed by atoms with Crippen molar-refractivity contribution in [3.05, 3.63) is 0 Å². The average Bonchev–Trinajstić information content (AvgIpc) is 2.33. The van der Waals surface area contributed by atoms with Gasteiger partial charge in [-0.2, -0.15) is 0 Å². The lowest BCUT2D eigenvalue weighted by molar-refractivity contribution is -0.126. The number of hydrogen-bond donors (Lipinski definition) is 1. The van der Waals surface area contributed by atoms with Crippen molar-refractivity contribution in [2.75, 3.05) is 0 Å². The summed E-state index contributed by atoms with van der Waals surface area (Å²) in [5, 5.41) is 10.4. The minimum Gasteiger partial charge on any atom is -0.392 e. The van der Waals surface area contributed by atoms with Crippen LogP contribution in [0.1, 0.15) is 66.2 Å². The second-order valence-electron chi connectivity index (χ2n) is 4.81. The predicted molar refractivity (Wildman–Crippen MR) is 68.4 cm³/mol. The molecule has 0 aromatic rings. The van der Waals surface area contributed by atoms with Crippen molar-refractivity contribution in [1.29, 1.82) is 0 Å². The van der Waals surface area contributed by atoms with Gasteiger partial charge >= 0.3 is 0 Å². The quantitative estimate of drug-likeness (QED) is 0.613. The van der Waals surface area contributed by atoms with Gasteiger partial charge in [-0.05, 0) is 25.2 Å². The van der Waals surface area contributed by atoms with Crippen LogP contribution in [-0.4, -0.2) is 17.5 Å². The zero-order chi connectivity index (χ0) is 12.6. The van der Waals surface area contributed by atoms with Gasteiger partial charge in [0.2, 0.25) is 0 Å². The van der Waals surface area contributed by atoms with E-state index in [1.807, 2.05) is 13.8 Å². The van der Waals surface area contributed by atoms with Crippen molar-refractivity contribution < 1.29 is 9.90 Å². The molecular weight excluding hydrogens is 200 g/mol. The minimum atomic E-state index is -0.519. The lowest BCUT2D eigenvalue weighted by Crippen LogP contribution is -2.41. The predicted octanol–water partition coefficient (Wildman–Crippen LogP) is 3.57. The summed E-state index contributed by atoms with van der Waals surface area (Å²) in [6, 6.07) is 0. The van der Waals surface area contributed by atoms with E-state index < -0.39 is 11.5 Å². The minimum absolute atomic E-state index is 0.269. The molecular formula is C14H28O2. The Morgan fingerprint density at radius 2 is 1.75 bits per heavy atom. The monoisotopic (exact) mass is 228 g/mol. The number of hydrogen-bond acceptors (Lipinski definition) is 2. The Balaban J connectivity index is 4.67. The summed E-state index contributed by atoms with van der Waals surface area (Å²) in [4.78, 5) is 11.3. The van der Waals surface area contributed by atoms with Crippen molar-refractivity contribution in [2.24, 2.45) is 11.3 Å². The van der Waals surface area contributed by atoms with E-state index in [1.54, 1.807) is 0 Å². The first kappa shape index (κ1) is 15.6. The topological polar surface area (TPSA) is 37.3 Å². The molecule has 0 heterocycles. The maximum Gasteiger partial charge on any atom is 0.128 e. The normalized spacial score (nSPS) is 15.8. The van der Waals surface area contributed by atoms with Gasteiger partial charge in [0.15, 0.2) is 0 Å². The van der Waals surface area contributed by atoms with E-state index in [2.05, 4.69) is 13.8 Å². The maximum absolute atomic E-state index is 11.3. The largest absolute Gasteiger partial charge is 0.392 e. The molecule has 2 atom stereocenters. The Morgan fingerprint density at radius 3 is 2.06 bits per heavy atom. The lowest BCUT2D eigenvalue weighted by Gasteiger charge is -2.36. The fourth-order valence-electron chi connectivity index (χ4n) is 2.43. The molecule has 0 radical (unpaired) electrons. The van der Waals surface area contributed by atoms with Gasteiger partial charge in [0.1, 0.15) is 6.29 Å². The molecule has 0 aromatic heterocycles. The van der Waals surface area contributed by atoms with Gasteiger partial charge in [0.25, 0.3) is 0 Å². The molecule has 0 rings (SSSR count). The summed E-state index contributed by atoms with van der Waals surface area (Å²) in [5.41, 5.74) is -0.519. The number of carbonyl (C=O) groups excluding carboxylic acids is 1.